The summed E-state index contributed by atoms with van der Waals surface area (Å²) in [7, 11) is 3.19. The Bertz CT molecular complexity index is 1310. The van der Waals surface area contributed by atoms with Gasteiger partial charge in [-0.25, -0.2) is 0 Å². The molecule has 1 heterocycles. The molecule has 0 bridgehead atoms. The number of nitro benzene ring substituents is 1. The van der Waals surface area contributed by atoms with Crippen molar-refractivity contribution in [2.75, 3.05) is 14.2 Å². The van der Waals surface area contributed by atoms with Crippen LogP contribution >= 0.6 is 12.4 Å². The zero-order valence-electron chi connectivity index (χ0n) is 16.5. The van der Waals surface area contributed by atoms with Gasteiger partial charge in [0.1, 0.15) is 12.0 Å². The van der Waals surface area contributed by atoms with Crippen molar-refractivity contribution < 1.29 is 14.4 Å². The molecule has 3 aromatic carbocycles. The molecule has 0 radical (unpaired) electrons. The number of tetrazole rings is 1. The number of para-hydroxylation sites is 1. The van der Waals surface area contributed by atoms with Gasteiger partial charge in [-0.3, -0.25) is 10.1 Å². The summed E-state index contributed by atoms with van der Waals surface area (Å²) in [5.41, 5.74) is 5.28. The lowest BCUT2D eigenvalue weighted by Gasteiger charge is -2.29. The van der Waals surface area contributed by atoms with Crippen molar-refractivity contribution in [1.82, 2.24) is 20.2 Å². The fourth-order valence-corrected chi connectivity index (χ4v) is 4.01. The molecule has 10 heteroatoms. The molecule has 156 valence electrons. The third-order valence-electron chi connectivity index (χ3n) is 5.23. The molecule has 0 saturated carbocycles. The SMILES string of the molecule is COc1ccc2c(c1OC)-c1cccc(-c3cccc(-n4cnnn4)c3[N+](=O)[O-])c1-2.Cl. The Labute approximate surface area is 182 Å². The predicted octanol–water partition coefficient (Wildman–Crippen LogP) is 4.32. The topological polar surface area (TPSA) is 105 Å². The van der Waals surface area contributed by atoms with E-state index in [1.54, 1.807) is 32.4 Å². The molecule has 0 spiro atoms. The van der Waals surface area contributed by atoms with Crippen molar-refractivity contribution in [3.63, 3.8) is 0 Å². The van der Waals surface area contributed by atoms with Crippen LogP contribution in [0.4, 0.5) is 5.69 Å². The largest absolute Gasteiger partial charge is 0.493 e. The van der Waals surface area contributed by atoms with Gasteiger partial charge in [0.2, 0.25) is 0 Å². The molecule has 4 aromatic rings. The molecule has 0 unspecified atom stereocenters. The molecular formula is C21H16ClN5O4. The van der Waals surface area contributed by atoms with Gasteiger partial charge in [-0.2, -0.15) is 4.68 Å². The summed E-state index contributed by atoms with van der Waals surface area (Å²) in [6.45, 7) is 0. The van der Waals surface area contributed by atoms with Gasteiger partial charge < -0.3 is 9.47 Å². The zero-order valence-corrected chi connectivity index (χ0v) is 17.3. The highest BCUT2D eigenvalue weighted by molar-refractivity contribution is 6.12. The first kappa shape index (κ1) is 20.3. The van der Waals surface area contributed by atoms with Gasteiger partial charge in [0.15, 0.2) is 11.5 Å². The molecule has 5 rings (SSSR count). The van der Waals surface area contributed by atoms with E-state index in [4.69, 9.17) is 9.47 Å². The first-order valence-electron chi connectivity index (χ1n) is 9.05. The Hall–Kier alpha value is -3.98. The van der Waals surface area contributed by atoms with E-state index in [9.17, 15) is 10.1 Å². The minimum atomic E-state index is -0.403. The van der Waals surface area contributed by atoms with Crippen LogP contribution in [-0.2, 0) is 0 Å². The van der Waals surface area contributed by atoms with E-state index in [-0.39, 0.29) is 18.1 Å². The van der Waals surface area contributed by atoms with Crippen LogP contribution in [0.2, 0.25) is 0 Å². The number of hydrogen-bond acceptors (Lipinski definition) is 7. The molecule has 0 aliphatic heterocycles. The lowest BCUT2D eigenvalue weighted by Crippen LogP contribution is -2.07. The average Bonchev–Trinajstić information content (AvgIpc) is 3.30. The van der Waals surface area contributed by atoms with E-state index < -0.39 is 4.92 Å². The van der Waals surface area contributed by atoms with Crippen LogP contribution in [0.5, 0.6) is 11.5 Å². The highest BCUT2D eigenvalue weighted by atomic mass is 35.5. The summed E-state index contributed by atoms with van der Waals surface area (Å²) in [5.74, 6) is 1.29. The molecule has 31 heavy (non-hydrogen) atoms. The van der Waals surface area contributed by atoms with E-state index in [1.165, 1.54) is 11.0 Å². The van der Waals surface area contributed by atoms with E-state index >= 15 is 0 Å². The molecule has 0 saturated heterocycles. The third-order valence-corrected chi connectivity index (χ3v) is 5.23. The van der Waals surface area contributed by atoms with Crippen molar-refractivity contribution in [3.05, 3.63) is 65.0 Å². The number of aromatic nitrogens is 4. The van der Waals surface area contributed by atoms with Crippen LogP contribution in [0.3, 0.4) is 0 Å². The average molecular weight is 438 g/mol. The monoisotopic (exact) mass is 437 g/mol. The van der Waals surface area contributed by atoms with Gasteiger partial charge in [0.25, 0.3) is 0 Å². The second-order valence-corrected chi connectivity index (χ2v) is 6.64. The number of rotatable bonds is 5. The van der Waals surface area contributed by atoms with Crippen molar-refractivity contribution in [2.24, 2.45) is 0 Å². The Balaban J connectivity index is 0.00000231. The number of ether oxygens (including phenoxy) is 2. The first-order chi connectivity index (χ1) is 14.7. The molecule has 0 atom stereocenters. The molecule has 0 N–H and O–H groups in total. The summed E-state index contributed by atoms with van der Waals surface area (Å²) >= 11 is 0. The minimum absolute atomic E-state index is 0. The number of nitrogens with zero attached hydrogens (tertiary/aromatic N) is 5. The van der Waals surface area contributed by atoms with Crippen LogP contribution in [0.1, 0.15) is 0 Å². The summed E-state index contributed by atoms with van der Waals surface area (Å²) in [5, 5.41) is 23.0. The second kappa shape index (κ2) is 7.69. The molecule has 1 aliphatic rings. The van der Waals surface area contributed by atoms with Crippen LogP contribution in [-0.4, -0.2) is 39.4 Å². The van der Waals surface area contributed by atoms with Crippen LogP contribution < -0.4 is 9.47 Å². The number of halogens is 1. The van der Waals surface area contributed by atoms with Crippen molar-refractivity contribution in [1.29, 1.82) is 0 Å². The van der Waals surface area contributed by atoms with E-state index in [1.807, 2.05) is 30.3 Å². The van der Waals surface area contributed by atoms with E-state index in [2.05, 4.69) is 15.5 Å². The van der Waals surface area contributed by atoms with Crippen molar-refractivity contribution in [3.8, 4) is 50.6 Å². The maximum Gasteiger partial charge on any atom is 0.302 e. The Kier molecular flexibility index (Phi) is 5.04. The van der Waals surface area contributed by atoms with Crippen LogP contribution in [0.15, 0.2) is 54.9 Å². The van der Waals surface area contributed by atoms with Crippen molar-refractivity contribution in [2.45, 2.75) is 0 Å². The number of hydrogen-bond donors (Lipinski definition) is 0. The Morgan fingerprint density at radius 1 is 0.903 bits per heavy atom. The minimum Gasteiger partial charge on any atom is -0.493 e. The highest BCUT2D eigenvalue weighted by Gasteiger charge is 2.33. The second-order valence-electron chi connectivity index (χ2n) is 6.64. The van der Waals surface area contributed by atoms with Crippen LogP contribution in [0.25, 0.3) is 39.1 Å². The summed E-state index contributed by atoms with van der Waals surface area (Å²) in [4.78, 5) is 11.6. The van der Waals surface area contributed by atoms with E-state index in [0.717, 1.165) is 27.8 Å². The van der Waals surface area contributed by atoms with Gasteiger partial charge in [0, 0.05) is 5.56 Å². The normalized spacial score (nSPS) is 10.9. The fourth-order valence-electron chi connectivity index (χ4n) is 4.01. The Morgan fingerprint density at radius 3 is 2.29 bits per heavy atom. The summed E-state index contributed by atoms with van der Waals surface area (Å²) in [6.07, 6.45) is 1.34. The van der Waals surface area contributed by atoms with Gasteiger partial charge in [0.05, 0.1) is 24.7 Å². The fraction of sp³-hybridized carbons (Fsp3) is 0.0952. The summed E-state index contributed by atoms with van der Waals surface area (Å²) in [6, 6.07) is 14.6. The maximum absolute atomic E-state index is 12.0. The molecule has 1 aromatic heterocycles. The number of nitro groups is 1. The molecule has 0 fully saturated rings. The molecule has 9 nitrogen and oxygen atoms in total. The predicted molar refractivity (Wildman–Crippen MR) is 116 cm³/mol. The van der Waals surface area contributed by atoms with Gasteiger partial charge in [-0.05, 0) is 56.9 Å². The number of methoxy groups -OCH3 is 2. The Morgan fingerprint density at radius 2 is 1.61 bits per heavy atom. The highest BCUT2D eigenvalue weighted by Crippen LogP contribution is 2.58. The lowest BCUT2D eigenvalue weighted by atomic mass is 9.75. The maximum atomic E-state index is 12.0. The van der Waals surface area contributed by atoms with Crippen LogP contribution in [0, 0.1) is 10.1 Å². The lowest BCUT2D eigenvalue weighted by molar-refractivity contribution is -0.383. The van der Waals surface area contributed by atoms with Crippen molar-refractivity contribution >= 4 is 18.1 Å². The molecule has 1 aliphatic carbocycles. The summed E-state index contributed by atoms with van der Waals surface area (Å²) < 4.78 is 12.3. The standard InChI is InChI=1S/C21H15N5O4.ClH/c1-29-17-10-9-15-18-12(5-3-7-14(18)19(15)21(17)30-2)13-6-4-8-16(20(13)26(27)28)25-11-22-23-24-25;/h3-11H,1-2H3;1H. The number of benzene rings is 3. The molecule has 0 amide bonds. The smallest absolute Gasteiger partial charge is 0.302 e. The quantitative estimate of drug-likeness (QED) is 0.297. The zero-order chi connectivity index (χ0) is 20.8. The number of fused-ring (bicyclic) bond motifs is 4. The molecular weight excluding hydrogens is 422 g/mol. The third kappa shape index (κ3) is 2.89. The first-order valence-corrected chi connectivity index (χ1v) is 9.05. The van der Waals surface area contributed by atoms with Gasteiger partial charge >= 0.3 is 5.69 Å². The van der Waals surface area contributed by atoms with E-state index in [0.29, 0.717) is 22.7 Å². The van der Waals surface area contributed by atoms with Gasteiger partial charge in [-0.15, -0.1) is 17.5 Å². The van der Waals surface area contributed by atoms with Gasteiger partial charge in [-0.1, -0.05) is 24.3 Å².